The number of carbonyl (C=O) groups excluding carboxylic acids is 2. The van der Waals surface area contributed by atoms with Gasteiger partial charge in [0.1, 0.15) is 17.7 Å². The van der Waals surface area contributed by atoms with Crippen molar-refractivity contribution in [2.24, 2.45) is 11.8 Å². The van der Waals surface area contributed by atoms with Gasteiger partial charge in [-0.15, -0.1) is 0 Å². The molecule has 3 saturated heterocycles. The Kier molecular flexibility index (Phi) is 9.27. The van der Waals surface area contributed by atoms with Gasteiger partial charge < -0.3 is 34.8 Å². The van der Waals surface area contributed by atoms with Gasteiger partial charge in [-0.3, -0.25) is 4.79 Å². The largest absolute Gasteiger partial charge is 0.444 e. The smallest absolute Gasteiger partial charge is 0.410 e. The number of hydrogen-bond donors (Lipinski definition) is 2. The molecule has 3 atom stereocenters. The fourth-order valence-corrected chi connectivity index (χ4v) is 7.10. The average Bonchev–Trinajstić information content (AvgIpc) is 3.69. The van der Waals surface area contributed by atoms with Crippen LogP contribution in [0.5, 0.6) is 0 Å². The van der Waals surface area contributed by atoms with E-state index in [1.807, 2.05) is 40.7 Å². The van der Waals surface area contributed by atoms with Gasteiger partial charge in [0.2, 0.25) is 5.91 Å². The lowest BCUT2D eigenvalue weighted by Gasteiger charge is -2.38. The van der Waals surface area contributed by atoms with Crippen molar-refractivity contribution in [2.75, 3.05) is 70.7 Å². The summed E-state index contributed by atoms with van der Waals surface area (Å²) < 4.78 is 13.4. The van der Waals surface area contributed by atoms with E-state index in [2.05, 4.69) is 30.5 Å². The van der Waals surface area contributed by atoms with E-state index in [9.17, 15) is 9.59 Å². The minimum Gasteiger partial charge on any atom is -0.444 e. The van der Waals surface area contributed by atoms with Crippen LogP contribution in [0, 0.1) is 11.8 Å². The Labute approximate surface area is 260 Å². The molecule has 12 nitrogen and oxygen atoms in total. The third kappa shape index (κ3) is 6.81. The van der Waals surface area contributed by atoms with Crippen LogP contribution in [0.1, 0.15) is 57.4 Å². The fraction of sp³-hybridized carbons (Fsp3) is 0.688. The molecule has 0 aromatic carbocycles. The number of hydrogen-bond acceptors (Lipinski definition) is 9. The first-order valence-corrected chi connectivity index (χ1v) is 16.3. The maximum atomic E-state index is 13.3. The number of ether oxygens (including phenoxy) is 2. The maximum absolute atomic E-state index is 13.3. The SMILES string of the molecule is CC(C)c1cnn2c(NC3C4CCC3CN(C(=O)OC3CCN(C(=O)/C=C/CN(C)C)C3)C4)cc(NC3CCOCC3)nc12. The predicted molar refractivity (Wildman–Crippen MR) is 169 cm³/mol. The lowest BCUT2D eigenvalue weighted by molar-refractivity contribution is -0.125. The predicted octanol–water partition coefficient (Wildman–Crippen LogP) is 3.42. The summed E-state index contributed by atoms with van der Waals surface area (Å²) in [5.41, 5.74) is 2.01. The Balaban J connectivity index is 1.09. The molecule has 3 aliphatic heterocycles. The highest BCUT2D eigenvalue weighted by Crippen LogP contribution is 2.39. The highest BCUT2D eigenvalue weighted by Gasteiger charge is 2.44. The molecule has 44 heavy (non-hydrogen) atoms. The van der Waals surface area contributed by atoms with Gasteiger partial charge in [-0.25, -0.2) is 9.78 Å². The fourth-order valence-electron chi connectivity index (χ4n) is 7.10. The van der Waals surface area contributed by atoms with E-state index in [1.165, 1.54) is 0 Å². The molecule has 2 aromatic rings. The molecule has 2 amide bonds. The van der Waals surface area contributed by atoms with Gasteiger partial charge in [0, 0.05) is 75.6 Å². The van der Waals surface area contributed by atoms with Gasteiger partial charge in [0.15, 0.2) is 5.65 Å². The molecule has 2 N–H and O–H groups in total. The van der Waals surface area contributed by atoms with Crippen molar-refractivity contribution >= 4 is 29.3 Å². The maximum Gasteiger partial charge on any atom is 0.410 e. The number of likely N-dealkylation sites (N-methyl/N-ethyl adjacent to an activating group) is 1. The first kappa shape index (κ1) is 30.6. The highest BCUT2D eigenvalue weighted by molar-refractivity contribution is 5.87. The monoisotopic (exact) mass is 608 g/mol. The second-order valence-corrected chi connectivity index (χ2v) is 13.5. The number of aromatic nitrogens is 3. The van der Waals surface area contributed by atoms with E-state index in [0.29, 0.717) is 62.9 Å². The molecule has 6 rings (SSSR count). The van der Waals surface area contributed by atoms with Gasteiger partial charge in [0.25, 0.3) is 0 Å². The highest BCUT2D eigenvalue weighted by atomic mass is 16.6. The molecule has 5 heterocycles. The van der Waals surface area contributed by atoms with E-state index in [1.54, 1.807) is 11.0 Å². The molecule has 1 saturated carbocycles. The quantitative estimate of drug-likeness (QED) is 0.413. The van der Waals surface area contributed by atoms with Gasteiger partial charge in [0.05, 0.1) is 12.7 Å². The van der Waals surface area contributed by atoms with Crippen LogP contribution in [0.4, 0.5) is 16.4 Å². The van der Waals surface area contributed by atoms with Crippen molar-refractivity contribution < 1.29 is 19.1 Å². The Morgan fingerprint density at radius 2 is 1.82 bits per heavy atom. The van der Waals surface area contributed by atoms with Crippen LogP contribution in [0.15, 0.2) is 24.4 Å². The van der Waals surface area contributed by atoms with Crippen LogP contribution in [0.2, 0.25) is 0 Å². The molecule has 0 radical (unpaired) electrons. The Bertz CT molecular complexity index is 1340. The average molecular weight is 609 g/mol. The van der Waals surface area contributed by atoms with Crippen molar-refractivity contribution in [3.63, 3.8) is 0 Å². The van der Waals surface area contributed by atoms with Crippen LogP contribution in [0.25, 0.3) is 5.65 Å². The Hall–Kier alpha value is -3.38. The molecule has 2 aromatic heterocycles. The van der Waals surface area contributed by atoms with E-state index in [0.717, 1.165) is 61.7 Å². The lowest BCUT2D eigenvalue weighted by atomic mass is 9.92. The van der Waals surface area contributed by atoms with Gasteiger partial charge in [-0.05, 0) is 57.5 Å². The number of nitrogens with zero attached hydrogens (tertiary/aromatic N) is 6. The minimum atomic E-state index is -0.260. The summed E-state index contributed by atoms with van der Waals surface area (Å²) in [4.78, 5) is 36.4. The number of fused-ring (bicyclic) bond motifs is 3. The van der Waals surface area contributed by atoms with E-state index >= 15 is 0 Å². The van der Waals surface area contributed by atoms with Crippen molar-refractivity contribution in [1.29, 1.82) is 0 Å². The van der Waals surface area contributed by atoms with Gasteiger partial charge in [-0.2, -0.15) is 9.61 Å². The molecular formula is C32H48N8O4. The van der Waals surface area contributed by atoms with Crippen LogP contribution < -0.4 is 10.6 Å². The molecule has 0 spiro atoms. The second-order valence-electron chi connectivity index (χ2n) is 13.5. The summed E-state index contributed by atoms with van der Waals surface area (Å²) in [5.74, 6) is 2.72. The summed E-state index contributed by atoms with van der Waals surface area (Å²) in [7, 11) is 3.93. The van der Waals surface area contributed by atoms with Gasteiger partial charge in [-0.1, -0.05) is 19.9 Å². The first-order valence-electron chi connectivity index (χ1n) is 16.3. The third-order valence-corrected chi connectivity index (χ3v) is 9.56. The molecule has 2 bridgehead atoms. The molecule has 1 aliphatic carbocycles. The number of likely N-dealkylation sites (tertiary alicyclic amines) is 2. The molecule has 240 valence electrons. The zero-order valence-corrected chi connectivity index (χ0v) is 26.6. The van der Waals surface area contributed by atoms with E-state index in [4.69, 9.17) is 19.6 Å². The zero-order chi connectivity index (χ0) is 30.8. The standard InChI is InChI=1S/C32H48N8O4/c1-21(2)26-17-33-40-28(16-27(35-31(26)40)34-24-10-14-43-15-11-24)36-30-22-7-8-23(30)19-39(18-22)32(42)44-25-9-13-38(20-25)29(41)6-5-12-37(3)4/h5-6,16-17,21-25,30,36H,7-15,18-20H2,1-4H3,(H,34,35)/b6-5+. The van der Waals surface area contributed by atoms with Gasteiger partial charge >= 0.3 is 6.09 Å². The zero-order valence-electron chi connectivity index (χ0n) is 26.6. The molecular weight excluding hydrogens is 560 g/mol. The van der Waals surface area contributed by atoms with Crippen LogP contribution in [0.3, 0.4) is 0 Å². The normalized spacial score (nSPS) is 26.0. The topological polar surface area (TPSA) is 117 Å². The molecule has 4 aliphatic rings. The first-order chi connectivity index (χ1) is 21.2. The number of anilines is 2. The van der Waals surface area contributed by atoms with Crippen molar-refractivity contribution in [2.45, 2.75) is 70.1 Å². The number of rotatable bonds is 9. The third-order valence-electron chi connectivity index (χ3n) is 9.56. The number of carbonyl (C=O) groups is 2. The van der Waals surface area contributed by atoms with Crippen molar-refractivity contribution in [1.82, 2.24) is 29.3 Å². The Morgan fingerprint density at radius 3 is 2.52 bits per heavy atom. The van der Waals surface area contributed by atoms with E-state index < -0.39 is 0 Å². The molecule has 12 heteroatoms. The van der Waals surface area contributed by atoms with Crippen LogP contribution >= 0.6 is 0 Å². The van der Waals surface area contributed by atoms with Crippen molar-refractivity contribution in [3.8, 4) is 0 Å². The lowest BCUT2D eigenvalue weighted by Crippen LogP contribution is -2.51. The minimum absolute atomic E-state index is 0.0237. The number of amides is 2. The van der Waals surface area contributed by atoms with Crippen LogP contribution in [-0.4, -0.2) is 120 Å². The Morgan fingerprint density at radius 1 is 1.07 bits per heavy atom. The summed E-state index contributed by atoms with van der Waals surface area (Å²) >= 11 is 0. The van der Waals surface area contributed by atoms with Crippen molar-refractivity contribution in [3.05, 3.63) is 30.0 Å². The molecule has 3 unspecified atom stereocenters. The second kappa shape index (κ2) is 13.3. The number of piperidine rings is 1. The number of nitrogens with one attached hydrogen (secondary N) is 2. The molecule has 4 fully saturated rings. The summed E-state index contributed by atoms with van der Waals surface area (Å²) in [6, 6.07) is 2.66. The summed E-state index contributed by atoms with van der Waals surface area (Å²) in [5, 5.41) is 12.2. The summed E-state index contributed by atoms with van der Waals surface area (Å²) in [6.07, 6.45) is 9.63. The van der Waals surface area contributed by atoms with Crippen LogP contribution in [-0.2, 0) is 14.3 Å². The van der Waals surface area contributed by atoms with E-state index in [-0.39, 0.29) is 24.1 Å². The summed E-state index contributed by atoms with van der Waals surface area (Å²) in [6.45, 7) is 8.97.